The molecule has 1 N–H and O–H groups in total. The topological polar surface area (TPSA) is 43.4 Å². The van der Waals surface area contributed by atoms with Crippen molar-refractivity contribution in [2.24, 2.45) is 0 Å². The molecule has 118 valence electrons. The van der Waals surface area contributed by atoms with Gasteiger partial charge in [-0.3, -0.25) is 0 Å². The first-order chi connectivity index (χ1) is 10.3. The van der Waals surface area contributed by atoms with Gasteiger partial charge in [0.1, 0.15) is 5.01 Å². The lowest BCUT2D eigenvalue weighted by Gasteiger charge is -2.28. The van der Waals surface area contributed by atoms with Gasteiger partial charge in [0.2, 0.25) is 0 Å². The van der Waals surface area contributed by atoms with Crippen molar-refractivity contribution in [2.75, 3.05) is 26.4 Å². The third-order valence-corrected chi connectivity index (χ3v) is 5.69. The minimum absolute atomic E-state index is 0.103. The summed E-state index contributed by atoms with van der Waals surface area (Å²) in [5, 5.41) is 7.15. The Morgan fingerprint density at radius 2 is 2.29 bits per heavy atom. The van der Waals surface area contributed by atoms with E-state index in [4.69, 9.17) is 14.5 Å². The van der Waals surface area contributed by atoms with Crippen LogP contribution in [0.4, 0.5) is 0 Å². The van der Waals surface area contributed by atoms with Crippen LogP contribution >= 0.6 is 11.3 Å². The Morgan fingerprint density at radius 1 is 1.43 bits per heavy atom. The van der Waals surface area contributed by atoms with Crippen molar-refractivity contribution in [3.05, 3.63) is 16.1 Å². The molecule has 1 aliphatic heterocycles. The molecular formula is C16H26N2O2S. The number of aryl methyl sites for hydroxylation is 1. The van der Waals surface area contributed by atoms with E-state index in [1.54, 1.807) is 11.3 Å². The van der Waals surface area contributed by atoms with Crippen LogP contribution in [0.1, 0.15) is 49.2 Å². The van der Waals surface area contributed by atoms with Crippen LogP contribution in [0.15, 0.2) is 5.38 Å². The first kappa shape index (κ1) is 15.4. The summed E-state index contributed by atoms with van der Waals surface area (Å²) >= 11 is 1.80. The number of nitrogens with zero attached hydrogens (tertiary/aromatic N) is 1. The Hall–Kier alpha value is -0.490. The summed E-state index contributed by atoms with van der Waals surface area (Å²) in [6.07, 6.45) is 7.64. The van der Waals surface area contributed by atoms with Crippen LogP contribution < -0.4 is 5.32 Å². The molecule has 2 fully saturated rings. The van der Waals surface area contributed by atoms with Crippen LogP contribution in [0.5, 0.6) is 0 Å². The molecule has 1 saturated heterocycles. The minimum Gasteiger partial charge on any atom is -0.377 e. The fourth-order valence-corrected chi connectivity index (χ4v) is 4.41. The monoisotopic (exact) mass is 310 g/mol. The highest BCUT2D eigenvalue weighted by molar-refractivity contribution is 7.09. The summed E-state index contributed by atoms with van der Waals surface area (Å²) < 4.78 is 11.3. The molecule has 1 aromatic heterocycles. The van der Waals surface area contributed by atoms with Crippen LogP contribution in [0.25, 0.3) is 0 Å². The summed E-state index contributed by atoms with van der Waals surface area (Å²) in [5.41, 5.74) is 1.24. The van der Waals surface area contributed by atoms with Gasteiger partial charge in [0.25, 0.3) is 0 Å². The van der Waals surface area contributed by atoms with Crippen molar-refractivity contribution < 1.29 is 9.47 Å². The zero-order valence-corrected chi connectivity index (χ0v) is 13.7. The molecule has 2 aliphatic rings. The third kappa shape index (κ3) is 3.83. The predicted octanol–water partition coefficient (Wildman–Crippen LogP) is 3.01. The zero-order valence-electron chi connectivity index (χ0n) is 12.9. The third-order valence-electron chi connectivity index (χ3n) is 4.52. The molecule has 21 heavy (non-hydrogen) atoms. The molecule has 1 aromatic rings. The maximum atomic E-state index is 5.76. The summed E-state index contributed by atoms with van der Waals surface area (Å²) in [6.45, 7) is 5.37. The molecule has 3 rings (SSSR count). The van der Waals surface area contributed by atoms with Crippen molar-refractivity contribution in [3.8, 4) is 0 Å². The smallest absolute Gasteiger partial charge is 0.113 e. The van der Waals surface area contributed by atoms with E-state index in [9.17, 15) is 0 Å². The Morgan fingerprint density at radius 3 is 2.95 bits per heavy atom. The standard InChI is InChI=1S/C16H26N2O2S/c1-13-12-21-15(18-13)16(6-2-3-7-16)17-8-10-19-11-14-5-4-9-20-14/h12,14,17H,2-11H2,1H3. The fourth-order valence-electron chi connectivity index (χ4n) is 3.37. The van der Waals surface area contributed by atoms with Crippen molar-refractivity contribution in [3.63, 3.8) is 0 Å². The van der Waals surface area contributed by atoms with Crippen LogP contribution in [-0.4, -0.2) is 37.5 Å². The van der Waals surface area contributed by atoms with E-state index in [-0.39, 0.29) is 5.54 Å². The lowest BCUT2D eigenvalue weighted by molar-refractivity contribution is 0.0167. The molecule has 0 aromatic carbocycles. The zero-order chi connectivity index (χ0) is 14.5. The summed E-state index contributed by atoms with van der Waals surface area (Å²) in [5.74, 6) is 0. The van der Waals surface area contributed by atoms with E-state index >= 15 is 0 Å². The van der Waals surface area contributed by atoms with Crippen LogP contribution in [0.2, 0.25) is 0 Å². The second-order valence-electron chi connectivity index (χ2n) is 6.22. The van der Waals surface area contributed by atoms with Crippen LogP contribution in [0, 0.1) is 6.92 Å². The second kappa shape index (κ2) is 7.18. The molecule has 4 nitrogen and oxygen atoms in total. The second-order valence-corrected chi connectivity index (χ2v) is 7.08. The van der Waals surface area contributed by atoms with E-state index in [0.717, 1.165) is 38.5 Å². The van der Waals surface area contributed by atoms with E-state index in [1.165, 1.54) is 37.1 Å². The molecular weight excluding hydrogens is 284 g/mol. The van der Waals surface area contributed by atoms with Crippen molar-refractivity contribution >= 4 is 11.3 Å². The van der Waals surface area contributed by atoms with Gasteiger partial charge < -0.3 is 14.8 Å². The molecule has 2 heterocycles. The van der Waals surface area contributed by atoms with E-state index < -0.39 is 0 Å². The molecule has 1 atom stereocenters. The first-order valence-electron chi connectivity index (χ1n) is 8.15. The molecule has 0 bridgehead atoms. The number of thiazole rings is 1. The number of hydrogen-bond acceptors (Lipinski definition) is 5. The van der Waals surface area contributed by atoms with E-state index in [2.05, 4.69) is 17.6 Å². The predicted molar refractivity (Wildman–Crippen MR) is 84.8 cm³/mol. The summed E-state index contributed by atoms with van der Waals surface area (Å²) in [4.78, 5) is 4.72. The van der Waals surface area contributed by atoms with Crippen LogP contribution in [-0.2, 0) is 15.0 Å². The fraction of sp³-hybridized carbons (Fsp3) is 0.812. The lowest BCUT2D eigenvalue weighted by Crippen LogP contribution is -2.41. The number of aromatic nitrogens is 1. The van der Waals surface area contributed by atoms with Gasteiger partial charge >= 0.3 is 0 Å². The Labute approximate surface area is 131 Å². The number of ether oxygens (including phenoxy) is 2. The number of rotatable bonds is 7. The van der Waals surface area contributed by atoms with Gasteiger partial charge in [-0.1, -0.05) is 12.8 Å². The average Bonchev–Trinajstić information content (AvgIpc) is 3.19. The van der Waals surface area contributed by atoms with Gasteiger partial charge in [-0.05, 0) is 32.6 Å². The quantitative estimate of drug-likeness (QED) is 0.786. The van der Waals surface area contributed by atoms with E-state index in [1.807, 2.05) is 0 Å². The SMILES string of the molecule is Cc1csc(C2(NCCOCC3CCCO3)CCCC2)n1. The van der Waals surface area contributed by atoms with Gasteiger partial charge in [-0.2, -0.15) is 0 Å². The van der Waals surface area contributed by atoms with Crippen molar-refractivity contribution in [2.45, 2.75) is 57.1 Å². The molecule has 0 radical (unpaired) electrons. The highest BCUT2D eigenvalue weighted by Gasteiger charge is 2.37. The molecule has 1 saturated carbocycles. The molecule has 1 unspecified atom stereocenters. The maximum Gasteiger partial charge on any atom is 0.113 e. The highest BCUT2D eigenvalue weighted by atomic mass is 32.1. The largest absolute Gasteiger partial charge is 0.377 e. The van der Waals surface area contributed by atoms with Gasteiger partial charge in [-0.15, -0.1) is 11.3 Å². The lowest BCUT2D eigenvalue weighted by atomic mass is 9.98. The molecule has 5 heteroatoms. The first-order valence-corrected chi connectivity index (χ1v) is 9.03. The summed E-state index contributed by atoms with van der Waals surface area (Å²) in [7, 11) is 0. The van der Waals surface area contributed by atoms with Gasteiger partial charge in [0.05, 0.1) is 24.9 Å². The minimum atomic E-state index is 0.103. The van der Waals surface area contributed by atoms with Crippen LogP contribution in [0.3, 0.4) is 0 Å². The average molecular weight is 310 g/mol. The van der Waals surface area contributed by atoms with Gasteiger partial charge in [0, 0.05) is 24.2 Å². The van der Waals surface area contributed by atoms with Crippen molar-refractivity contribution in [1.82, 2.24) is 10.3 Å². The molecule has 0 amide bonds. The molecule has 0 spiro atoms. The Kier molecular flexibility index (Phi) is 5.27. The normalized spacial score (nSPS) is 24.7. The highest BCUT2D eigenvalue weighted by Crippen LogP contribution is 2.39. The van der Waals surface area contributed by atoms with Crippen molar-refractivity contribution in [1.29, 1.82) is 0 Å². The number of hydrogen-bond donors (Lipinski definition) is 1. The molecule has 1 aliphatic carbocycles. The summed E-state index contributed by atoms with van der Waals surface area (Å²) in [6, 6.07) is 0. The van der Waals surface area contributed by atoms with Gasteiger partial charge in [0.15, 0.2) is 0 Å². The van der Waals surface area contributed by atoms with Gasteiger partial charge in [-0.25, -0.2) is 4.98 Å². The Bertz CT molecular complexity index is 437. The Balaban J connectivity index is 1.45. The number of nitrogens with one attached hydrogen (secondary N) is 1. The maximum absolute atomic E-state index is 5.76. The van der Waals surface area contributed by atoms with E-state index in [0.29, 0.717) is 6.10 Å².